The number of hydrogen-bond donors (Lipinski definition) is 0. The van der Waals surface area contributed by atoms with Crippen LogP contribution >= 0.6 is 0 Å². The third-order valence-electron chi connectivity index (χ3n) is 7.91. The van der Waals surface area contributed by atoms with Crippen molar-refractivity contribution in [2.45, 2.75) is 161 Å². The van der Waals surface area contributed by atoms with Crippen LogP contribution in [0.3, 0.4) is 0 Å². The molecule has 1 atom stereocenters. The van der Waals surface area contributed by atoms with Gasteiger partial charge in [0.2, 0.25) is 6.17 Å². The van der Waals surface area contributed by atoms with Gasteiger partial charge in [0.05, 0.1) is 0 Å². The zero-order valence-electron chi connectivity index (χ0n) is 24.0. The van der Waals surface area contributed by atoms with Gasteiger partial charge in [0.15, 0.2) is 0 Å². The maximum atomic E-state index is 4.36. The largest absolute Gasteiger partial charge is 0.243 e. The van der Waals surface area contributed by atoms with Crippen molar-refractivity contribution in [2.75, 3.05) is 0 Å². The summed E-state index contributed by atoms with van der Waals surface area (Å²) in [5.74, 6) is 0.711. The van der Waals surface area contributed by atoms with Crippen LogP contribution in [0.25, 0.3) is 0 Å². The summed E-state index contributed by atoms with van der Waals surface area (Å²) in [7, 11) is 0. The summed E-state index contributed by atoms with van der Waals surface area (Å²) in [5.41, 5.74) is 2.66. The molecule has 0 radical (unpaired) electrons. The first-order valence-corrected chi connectivity index (χ1v) is 15.9. The number of nitrogens with zero attached hydrogens (tertiary/aromatic N) is 2. The van der Waals surface area contributed by atoms with Crippen LogP contribution in [0, 0.1) is 6.17 Å². The lowest BCUT2D eigenvalue weighted by atomic mass is 9.87. The van der Waals surface area contributed by atoms with Crippen LogP contribution in [0.4, 0.5) is 0 Å². The van der Waals surface area contributed by atoms with Crippen LogP contribution in [-0.2, 0) is 0 Å². The second-order valence-corrected chi connectivity index (χ2v) is 11.1. The van der Waals surface area contributed by atoms with E-state index in [9.17, 15) is 0 Å². The Bertz CT molecular complexity index is 663. The van der Waals surface area contributed by atoms with E-state index in [1.807, 2.05) is 0 Å². The van der Waals surface area contributed by atoms with E-state index in [0.717, 1.165) is 11.7 Å². The van der Waals surface area contributed by atoms with Gasteiger partial charge in [-0.05, 0) is 36.5 Å². The third kappa shape index (κ3) is 14.2. The molecule has 1 unspecified atom stereocenters. The molecule has 0 bridgehead atoms. The smallest absolute Gasteiger partial charge is 0.147 e. The van der Waals surface area contributed by atoms with Crippen LogP contribution in [-0.4, -0.2) is 12.4 Å². The molecule has 1 aliphatic heterocycles. The van der Waals surface area contributed by atoms with E-state index in [2.05, 4.69) is 48.1 Å². The maximum Gasteiger partial charge on any atom is 0.243 e. The van der Waals surface area contributed by atoms with E-state index >= 15 is 0 Å². The first-order chi connectivity index (χ1) is 17.8. The fourth-order valence-electron chi connectivity index (χ4n) is 5.53. The van der Waals surface area contributed by atoms with Gasteiger partial charge in [0.1, 0.15) is 18.0 Å². The third-order valence-corrected chi connectivity index (χ3v) is 7.91. The summed E-state index contributed by atoms with van der Waals surface area (Å²) >= 11 is 0. The van der Waals surface area contributed by atoms with Crippen LogP contribution < -0.4 is 0 Å². The summed E-state index contributed by atoms with van der Waals surface area (Å²) in [4.78, 5) is 8.72. The Morgan fingerprint density at radius 1 is 0.500 bits per heavy atom. The van der Waals surface area contributed by atoms with Gasteiger partial charge >= 0.3 is 0 Å². The first kappa shape index (κ1) is 30.7. The zero-order valence-corrected chi connectivity index (χ0v) is 24.0. The Kier molecular flexibility index (Phi) is 18.3. The molecular weight excluding hydrogens is 436 g/mol. The van der Waals surface area contributed by atoms with Gasteiger partial charge in [0, 0.05) is 12.1 Å². The van der Waals surface area contributed by atoms with E-state index in [1.54, 1.807) is 12.4 Å². The molecule has 0 aliphatic carbocycles. The molecule has 0 amide bonds. The molecule has 0 saturated heterocycles. The number of unbranched alkanes of at least 4 members (excludes halogenated alkanes) is 18. The average molecular weight is 494 g/mol. The molecule has 1 aromatic rings. The Morgan fingerprint density at radius 3 is 1.25 bits per heavy atom. The number of benzene rings is 1. The van der Waals surface area contributed by atoms with Gasteiger partial charge in [-0.25, -0.2) is 0 Å². The zero-order chi connectivity index (χ0) is 25.5. The summed E-state index contributed by atoms with van der Waals surface area (Å²) in [5, 5.41) is 0. The van der Waals surface area contributed by atoms with Crippen molar-refractivity contribution < 1.29 is 0 Å². The minimum Gasteiger partial charge on any atom is -0.147 e. The van der Waals surface area contributed by atoms with Crippen molar-refractivity contribution in [3.8, 4) is 0 Å². The molecule has 1 heterocycles. The first-order valence-electron chi connectivity index (χ1n) is 15.9. The molecule has 0 saturated carbocycles. The topological polar surface area (TPSA) is 24.7 Å². The van der Waals surface area contributed by atoms with Crippen molar-refractivity contribution in [3.63, 3.8) is 0 Å². The normalized spacial score (nSPS) is 13.7. The highest BCUT2D eigenvalue weighted by atomic mass is 15.0. The fraction of sp³-hybridized carbons (Fsp3) is 0.735. The molecule has 1 aromatic carbocycles. The van der Waals surface area contributed by atoms with Gasteiger partial charge in [-0.3, -0.25) is 0 Å². The van der Waals surface area contributed by atoms with Crippen molar-refractivity contribution in [1.29, 1.82) is 0 Å². The van der Waals surface area contributed by atoms with E-state index in [0.29, 0.717) is 5.92 Å². The van der Waals surface area contributed by atoms with Crippen LogP contribution in [0.5, 0.6) is 0 Å². The van der Waals surface area contributed by atoms with E-state index in [1.165, 1.54) is 147 Å². The SMILES string of the molecule is CCCCCCCCCCCCCC(CCCCCCCCCCC)c1ccc([C+]2N=CC=N2)cc1. The van der Waals surface area contributed by atoms with Gasteiger partial charge in [-0.1, -0.05) is 142 Å². The van der Waals surface area contributed by atoms with Crippen LogP contribution in [0.2, 0.25) is 0 Å². The highest BCUT2D eigenvalue weighted by Crippen LogP contribution is 2.30. The predicted molar refractivity (Wildman–Crippen MR) is 161 cm³/mol. The van der Waals surface area contributed by atoms with Gasteiger partial charge < -0.3 is 0 Å². The average Bonchev–Trinajstić information content (AvgIpc) is 3.45. The van der Waals surface area contributed by atoms with Crippen LogP contribution in [0.15, 0.2) is 34.3 Å². The van der Waals surface area contributed by atoms with Gasteiger partial charge in [-0.15, -0.1) is 9.98 Å². The number of rotatable bonds is 24. The standard InChI is InChI=1S/C34H57N2/c1-3-5-7-9-11-13-14-16-18-20-22-24-31(23-21-19-17-15-12-10-8-6-4-2)32-25-27-33(28-26-32)34-35-29-30-36-34/h25-31H,3-24H2,1-2H3/q+1. The molecule has 0 aromatic heterocycles. The van der Waals surface area contributed by atoms with Crippen molar-refractivity contribution >= 4 is 12.4 Å². The van der Waals surface area contributed by atoms with Crippen LogP contribution in [0.1, 0.15) is 172 Å². The van der Waals surface area contributed by atoms with Crippen molar-refractivity contribution in [2.24, 2.45) is 9.98 Å². The van der Waals surface area contributed by atoms with E-state index in [4.69, 9.17) is 0 Å². The number of hydrogen-bond acceptors (Lipinski definition) is 2. The lowest BCUT2D eigenvalue weighted by molar-refractivity contribution is 0.481. The molecule has 36 heavy (non-hydrogen) atoms. The second kappa shape index (κ2) is 21.5. The molecular formula is C34H57N2+. The molecule has 0 fully saturated rings. The minimum absolute atomic E-state index is 0.711. The van der Waals surface area contributed by atoms with Gasteiger partial charge in [0.25, 0.3) is 0 Å². The molecule has 0 N–H and O–H groups in total. The lowest BCUT2D eigenvalue weighted by Gasteiger charge is -2.17. The molecule has 1 aliphatic rings. The summed E-state index contributed by atoms with van der Waals surface area (Å²) in [6.07, 6.45) is 35.5. The Hall–Kier alpha value is -1.57. The lowest BCUT2D eigenvalue weighted by Crippen LogP contribution is -2.01. The van der Waals surface area contributed by atoms with E-state index in [-0.39, 0.29) is 0 Å². The Labute approximate surface area is 224 Å². The molecule has 2 rings (SSSR count). The predicted octanol–water partition coefficient (Wildman–Crippen LogP) is 11.4. The fourth-order valence-corrected chi connectivity index (χ4v) is 5.53. The Morgan fingerprint density at radius 2 is 0.861 bits per heavy atom. The molecule has 2 nitrogen and oxygen atoms in total. The summed E-state index contributed by atoms with van der Waals surface area (Å²) in [6.45, 7) is 4.60. The minimum atomic E-state index is 0.711. The summed E-state index contributed by atoms with van der Waals surface area (Å²) < 4.78 is 0. The monoisotopic (exact) mass is 493 g/mol. The van der Waals surface area contributed by atoms with Gasteiger partial charge in [-0.2, -0.15) is 0 Å². The van der Waals surface area contributed by atoms with E-state index < -0.39 is 0 Å². The molecule has 2 heteroatoms. The Balaban J connectivity index is 1.67. The maximum absolute atomic E-state index is 4.36. The van der Waals surface area contributed by atoms with Crippen molar-refractivity contribution in [3.05, 3.63) is 41.6 Å². The van der Waals surface area contributed by atoms with Crippen molar-refractivity contribution in [1.82, 2.24) is 0 Å². The second-order valence-electron chi connectivity index (χ2n) is 11.1. The highest BCUT2D eigenvalue weighted by molar-refractivity contribution is 6.18. The number of aliphatic imine (C=N–C) groups is 2. The molecule has 0 spiro atoms. The quantitative estimate of drug-likeness (QED) is 0.101. The highest BCUT2D eigenvalue weighted by Gasteiger charge is 2.19. The molecule has 202 valence electrons. The summed E-state index contributed by atoms with van der Waals surface area (Å²) in [6, 6.07) is 9.16.